The van der Waals surface area contributed by atoms with Crippen molar-refractivity contribution in [3.05, 3.63) is 17.0 Å². The summed E-state index contributed by atoms with van der Waals surface area (Å²) in [5, 5.41) is 0.644. The van der Waals surface area contributed by atoms with Crippen molar-refractivity contribution in [3.63, 3.8) is 0 Å². The Hall–Kier alpha value is -0.870. The lowest BCUT2D eigenvalue weighted by atomic mass is 9.89. The van der Waals surface area contributed by atoms with Crippen LogP contribution in [0.3, 0.4) is 0 Å². The molecule has 3 heterocycles. The van der Waals surface area contributed by atoms with Gasteiger partial charge in [-0.25, -0.2) is 9.97 Å². The Morgan fingerprint density at radius 3 is 2.82 bits per heavy atom. The Morgan fingerprint density at radius 1 is 1.27 bits per heavy atom. The molecule has 0 N–H and O–H groups in total. The van der Waals surface area contributed by atoms with E-state index in [1.165, 1.54) is 32.1 Å². The van der Waals surface area contributed by atoms with Crippen molar-refractivity contribution in [1.29, 1.82) is 0 Å². The summed E-state index contributed by atoms with van der Waals surface area (Å²) in [4.78, 5) is 13.8. The van der Waals surface area contributed by atoms with Crippen LogP contribution in [0.5, 0.6) is 0 Å². The van der Waals surface area contributed by atoms with Crippen molar-refractivity contribution in [1.82, 2.24) is 14.9 Å². The van der Waals surface area contributed by atoms with E-state index in [1.54, 1.807) is 6.33 Å². The molecular formula is C17H27ClN4. The van der Waals surface area contributed by atoms with Gasteiger partial charge in [0.15, 0.2) is 0 Å². The molecule has 0 radical (unpaired) electrons. The zero-order valence-corrected chi connectivity index (χ0v) is 14.7. The maximum Gasteiger partial charge on any atom is 0.139 e. The molecule has 0 amide bonds. The lowest BCUT2D eigenvalue weighted by molar-refractivity contribution is 0.167. The number of hydrogen-bond acceptors (Lipinski definition) is 4. The summed E-state index contributed by atoms with van der Waals surface area (Å²) in [5.74, 6) is 1.68. The van der Waals surface area contributed by atoms with Crippen LogP contribution in [0.15, 0.2) is 6.33 Å². The van der Waals surface area contributed by atoms with Gasteiger partial charge in [-0.2, -0.15) is 0 Å². The van der Waals surface area contributed by atoms with Gasteiger partial charge in [0.05, 0.1) is 0 Å². The maximum absolute atomic E-state index is 6.49. The molecule has 122 valence electrons. The Kier molecular flexibility index (Phi) is 4.88. The summed E-state index contributed by atoms with van der Waals surface area (Å²) in [6, 6.07) is 1.09. The Labute approximate surface area is 138 Å². The van der Waals surface area contributed by atoms with Crippen LogP contribution >= 0.6 is 11.6 Å². The molecule has 1 aromatic rings. The first-order valence-electron chi connectivity index (χ1n) is 8.64. The van der Waals surface area contributed by atoms with Crippen molar-refractivity contribution in [2.24, 2.45) is 5.92 Å². The molecule has 2 aliphatic rings. The predicted octanol–water partition coefficient (Wildman–Crippen LogP) is 3.91. The van der Waals surface area contributed by atoms with Crippen molar-refractivity contribution in [2.45, 2.75) is 58.0 Å². The highest BCUT2D eigenvalue weighted by Gasteiger charge is 2.46. The molecule has 0 aliphatic carbocycles. The molecule has 22 heavy (non-hydrogen) atoms. The first-order chi connectivity index (χ1) is 10.7. The molecule has 1 aromatic heterocycles. The van der Waals surface area contributed by atoms with Gasteiger partial charge in [-0.1, -0.05) is 38.3 Å². The third-order valence-electron chi connectivity index (χ3n) is 5.22. The quantitative estimate of drug-likeness (QED) is 0.769. The molecule has 4 nitrogen and oxygen atoms in total. The molecule has 1 fully saturated rings. The molecular weight excluding hydrogens is 296 g/mol. The van der Waals surface area contributed by atoms with Gasteiger partial charge in [-0.3, -0.25) is 4.90 Å². The summed E-state index contributed by atoms with van der Waals surface area (Å²) < 4.78 is 0. The second kappa shape index (κ2) is 6.71. The smallest absolute Gasteiger partial charge is 0.139 e. The molecule has 0 bridgehead atoms. The molecule has 3 atom stereocenters. The molecule has 0 aromatic carbocycles. The second-order valence-electron chi connectivity index (χ2n) is 6.76. The standard InChI is InChI=1S/C17H27ClN4/c1-4-6-8-22-13(7-5-2)9-12-10-21(3)17-14(15(12)22)16(18)19-11-20-17/h11-13,15H,4-10H2,1-3H3/t12-,13+,15-/m1/s1. The molecule has 5 heteroatoms. The summed E-state index contributed by atoms with van der Waals surface area (Å²) in [6.07, 6.45) is 7.87. The lowest BCUT2D eigenvalue weighted by Crippen LogP contribution is -2.39. The highest BCUT2D eigenvalue weighted by molar-refractivity contribution is 6.30. The van der Waals surface area contributed by atoms with Gasteiger partial charge in [0, 0.05) is 31.2 Å². The largest absolute Gasteiger partial charge is 0.359 e. The van der Waals surface area contributed by atoms with Crippen LogP contribution < -0.4 is 4.90 Å². The summed E-state index contributed by atoms with van der Waals surface area (Å²) in [6.45, 7) is 6.79. The number of fused-ring (bicyclic) bond motifs is 3. The highest BCUT2D eigenvalue weighted by Crippen LogP contribution is 2.49. The lowest BCUT2D eigenvalue weighted by Gasteiger charge is -2.39. The van der Waals surface area contributed by atoms with Crippen LogP contribution in [0, 0.1) is 5.92 Å². The maximum atomic E-state index is 6.49. The van der Waals surface area contributed by atoms with Crippen molar-refractivity contribution >= 4 is 17.4 Å². The number of aromatic nitrogens is 2. The molecule has 0 unspecified atom stereocenters. The van der Waals surface area contributed by atoms with Gasteiger partial charge in [-0.05, 0) is 31.7 Å². The van der Waals surface area contributed by atoms with E-state index in [0.29, 0.717) is 23.2 Å². The highest BCUT2D eigenvalue weighted by atomic mass is 35.5. The topological polar surface area (TPSA) is 32.3 Å². The van der Waals surface area contributed by atoms with Gasteiger partial charge in [0.2, 0.25) is 0 Å². The molecule has 1 saturated heterocycles. The fraction of sp³-hybridized carbons (Fsp3) is 0.765. The SMILES string of the molecule is CCCCN1[C@@H](CCC)C[C@@H]2CN(C)c3ncnc(Cl)c3[C@@H]21. The number of rotatable bonds is 5. The van der Waals surface area contributed by atoms with Crippen LogP contribution in [0.4, 0.5) is 5.82 Å². The van der Waals surface area contributed by atoms with Gasteiger partial charge >= 0.3 is 0 Å². The normalized spacial score (nSPS) is 27.8. The fourth-order valence-corrected chi connectivity index (χ4v) is 4.57. The minimum atomic E-state index is 0.406. The number of likely N-dealkylation sites (tertiary alicyclic amines) is 1. The number of unbranched alkanes of at least 4 members (excludes halogenated alkanes) is 1. The van der Waals surface area contributed by atoms with E-state index in [0.717, 1.165) is 24.5 Å². The van der Waals surface area contributed by atoms with Crippen LogP contribution in [0.1, 0.15) is 57.6 Å². The van der Waals surface area contributed by atoms with E-state index in [1.807, 2.05) is 0 Å². The van der Waals surface area contributed by atoms with E-state index in [-0.39, 0.29) is 0 Å². The number of halogens is 1. The van der Waals surface area contributed by atoms with Gasteiger partial charge in [0.25, 0.3) is 0 Å². The van der Waals surface area contributed by atoms with E-state index < -0.39 is 0 Å². The molecule has 0 saturated carbocycles. The predicted molar refractivity (Wildman–Crippen MR) is 91.5 cm³/mol. The summed E-state index contributed by atoms with van der Waals surface area (Å²) >= 11 is 6.49. The van der Waals surface area contributed by atoms with Gasteiger partial charge in [0.1, 0.15) is 17.3 Å². The van der Waals surface area contributed by atoms with Crippen LogP contribution in [0.2, 0.25) is 5.15 Å². The van der Waals surface area contributed by atoms with Crippen molar-refractivity contribution in [2.75, 3.05) is 25.0 Å². The van der Waals surface area contributed by atoms with Crippen molar-refractivity contribution in [3.8, 4) is 0 Å². The monoisotopic (exact) mass is 322 g/mol. The van der Waals surface area contributed by atoms with E-state index in [9.17, 15) is 0 Å². The minimum Gasteiger partial charge on any atom is -0.359 e. The Bertz CT molecular complexity index is 521. The van der Waals surface area contributed by atoms with Gasteiger partial charge in [-0.15, -0.1) is 0 Å². The molecule has 2 aliphatic heterocycles. The van der Waals surface area contributed by atoms with E-state index in [2.05, 4.69) is 40.7 Å². The summed E-state index contributed by atoms with van der Waals surface area (Å²) in [5.41, 5.74) is 1.16. The zero-order valence-electron chi connectivity index (χ0n) is 13.9. The second-order valence-corrected chi connectivity index (χ2v) is 7.11. The van der Waals surface area contributed by atoms with Crippen LogP contribution in [-0.4, -0.2) is 41.0 Å². The Morgan fingerprint density at radius 2 is 2.09 bits per heavy atom. The van der Waals surface area contributed by atoms with E-state index in [4.69, 9.17) is 11.6 Å². The average Bonchev–Trinajstić information content (AvgIpc) is 2.83. The third-order valence-corrected chi connectivity index (χ3v) is 5.52. The first-order valence-corrected chi connectivity index (χ1v) is 9.02. The minimum absolute atomic E-state index is 0.406. The molecule has 3 rings (SSSR count). The first kappa shape index (κ1) is 16.0. The zero-order chi connectivity index (χ0) is 15.7. The van der Waals surface area contributed by atoms with Crippen LogP contribution in [-0.2, 0) is 0 Å². The van der Waals surface area contributed by atoms with E-state index >= 15 is 0 Å². The fourth-order valence-electron chi connectivity index (χ4n) is 4.33. The Balaban J connectivity index is 1.98. The third kappa shape index (κ3) is 2.71. The number of hydrogen-bond donors (Lipinski definition) is 0. The summed E-state index contributed by atoms with van der Waals surface area (Å²) in [7, 11) is 2.13. The number of anilines is 1. The van der Waals surface area contributed by atoms with Crippen LogP contribution in [0.25, 0.3) is 0 Å². The van der Waals surface area contributed by atoms with Crippen molar-refractivity contribution < 1.29 is 0 Å². The molecule has 0 spiro atoms. The number of nitrogens with zero attached hydrogens (tertiary/aromatic N) is 4. The average molecular weight is 323 g/mol. The van der Waals surface area contributed by atoms with Gasteiger partial charge < -0.3 is 4.90 Å².